The molecule has 1 N–H and O–H groups in total. The van der Waals surface area contributed by atoms with Gasteiger partial charge in [-0.1, -0.05) is 19.1 Å². The Morgan fingerprint density at radius 3 is 2.81 bits per heavy atom. The topological polar surface area (TPSA) is 29.9 Å². The molecule has 2 aromatic rings. The van der Waals surface area contributed by atoms with Crippen LogP contribution in [0.25, 0.3) is 0 Å². The predicted octanol–water partition coefficient (Wildman–Crippen LogP) is 3.37. The van der Waals surface area contributed by atoms with E-state index in [9.17, 15) is 8.78 Å². The van der Waals surface area contributed by atoms with Crippen molar-refractivity contribution in [3.05, 3.63) is 53.6 Å². The number of nitrogens with zero attached hydrogens (tertiary/aromatic N) is 2. The SMILES string of the molecule is CCCNC(CCc1nccn1C)c1cccc(F)c1F. The molecule has 0 aliphatic rings. The molecule has 1 atom stereocenters. The summed E-state index contributed by atoms with van der Waals surface area (Å²) in [5.41, 5.74) is 0.387. The van der Waals surface area contributed by atoms with Crippen molar-refractivity contribution in [1.82, 2.24) is 14.9 Å². The summed E-state index contributed by atoms with van der Waals surface area (Å²) in [6.45, 7) is 2.81. The zero-order valence-electron chi connectivity index (χ0n) is 12.4. The number of aromatic nitrogens is 2. The van der Waals surface area contributed by atoms with Gasteiger partial charge in [-0.3, -0.25) is 0 Å². The summed E-state index contributed by atoms with van der Waals surface area (Å²) >= 11 is 0. The summed E-state index contributed by atoms with van der Waals surface area (Å²) in [4.78, 5) is 4.27. The Hall–Kier alpha value is -1.75. The minimum Gasteiger partial charge on any atom is -0.338 e. The fraction of sp³-hybridized carbons (Fsp3) is 0.438. The van der Waals surface area contributed by atoms with Gasteiger partial charge < -0.3 is 9.88 Å². The highest BCUT2D eigenvalue weighted by Crippen LogP contribution is 2.23. The largest absolute Gasteiger partial charge is 0.338 e. The molecule has 0 saturated carbocycles. The molecule has 0 spiro atoms. The van der Waals surface area contributed by atoms with E-state index in [1.165, 1.54) is 0 Å². The lowest BCUT2D eigenvalue weighted by Gasteiger charge is -2.19. The van der Waals surface area contributed by atoms with Gasteiger partial charge in [0.25, 0.3) is 0 Å². The maximum Gasteiger partial charge on any atom is 0.163 e. The highest BCUT2D eigenvalue weighted by Gasteiger charge is 2.18. The zero-order chi connectivity index (χ0) is 15.2. The van der Waals surface area contributed by atoms with E-state index >= 15 is 0 Å². The maximum absolute atomic E-state index is 14.0. The average molecular weight is 293 g/mol. The van der Waals surface area contributed by atoms with Gasteiger partial charge in [-0.05, 0) is 25.5 Å². The van der Waals surface area contributed by atoms with E-state index in [2.05, 4.69) is 10.3 Å². The minimum atomic E-state index is -0.798. The van der Waals surface area contributed by atoms with Gasteiger partial charge in [-0.15, -0.1) is 0 Å². The lowest BCUT2D eigenvalue weighted by Crippen LogP contribution is -2.24. The number of benzene rings is 1. The van der Waals surface area contributed by atoms with Gasteiger partial charge in [0.05, 0.1) is 0 Å². The van der Waals surface area contributed by atoms with Crippen molar-refractivity contribution in [2.45, 2.75) is 32.2 Å². The molecule has 2 rings (SSSR count). The van der Waals surface area contributed by atoms with Crippen LogP contribution in [-0.2, 0) is 13.5 Å². The van der Waals surface area contributed by atoms with Crippen LogP contribution in [0.3, 0.4) is 0 Å². The van der Waals surface area contributed by atoms with E-state index in [1.807, 2.05) is 24.7 Å². The Bertz CT molecular complexity index is 581. The summed E-state index contributed by atoms with van der Waals surface area (Å²) in [6.07, 6.45) is 5.95. The number of hydrogen-bond donors (Lipinski definition) is 1. The number of rotatable bonds is 7. The molecule has 1 aromatic carbocycles. The van der Waals surface area contributed by atoms with Crippen molar-refractivity contribution in [3.8, 4) is 0 Å². The third kappa shape index (κ3) is 3.88. The Balaban J connectivity index is 2.14. The summed E-state index contributed by atoms with van der Waals surface area (Å²) in [7, 11) is 1.93. The van der Waals surface area contributed by atoms with E-state index in [4.69, 9.17) is 0 Å². The molecule has 0 aliphatic heterocycles. The van der Waals surface area contributed by atoms with Crippen molar-refractivity contribution in [1.29, 1.82) is 0 Å². The van der Waals surface area contributed by atoms with E-state index in [0.29, 0.717) is 18.4 Å². The molecule has 0 fully saturated rings. The highest BCUT2D eigenvalue weighted by molar-refractivity contribution is 5.22. The van der Waals surface area contributed by atoms with Crippen molar-refractivity contribution in [2.75, 3.05) is 6.54 Å². The molecule has 0 aliphatic carbocycles. The Labute approximate surface area is 124 Å². The van der Waals surface area contributed by atoms with Gasteiger partial charge in [0.1, 0.15) is 5.82 Å². The molecule has 3 nitrogen and oxygen atoms in total. The molecule has 1 aromatic heterocycles. The molecule has 1 unspecified atom stereocenters. The number of halogens is 2. The van der Waals surface area contributed by atoms with E-state index in [-0.39, 0.29) is 6.04 Å². The minimum absolute atomic E-state index is 0.211. The normalized spacial score (nSPS) is 12.6. The van der Waals surface area contributed by atoms with Crippen LogP contribution in [0.15, 0.2) is 30.6 Å². The van der Waals surface area contributed by atoms with E-state index in [1.54, 1.807) is 18.3 Å². The van der Waals surface area contributed by atoms with Gasteiger partial charge in [0.2, 0.25) is 0 Å². The summed E-state index contributed by atoms with van der Waals surface area (Å²) in [5.74, 6) is -0.617. The number of aryl methyl sites for hydroxylation is 2. The molecular weight excluding hydrogens is 272 g/mol. The molecule has 0 amide bonds. The molecule has 0 radical (unpaired) electrons. The van der Waals surface area contributed by atoms with Gasteiger partial charge in [0.15, 0.2) is 11.6 Å². The van der Waals surface area contributed by atoms with Crippen LogP contribution >= 0.6 is 0 Å². The van der Waals surface area contributed by atoms with E-state index in [0.717, 1.165) is 24.9 Å². The van der Waals surface area contributed by atoms with Crippen LogP contribution in [0.4, 0.5) is 8.78 Å². The predicted molar refractivity (Wildman–Crippen MR) is 78.9 cm³/mol. The van der Waals surface area contributed by atoms with Crippen molar-refractivity contribution in [3.63, 3.8) is 0 Å². The highest BCUT2D eigenvalue weighted by atomic mass is 19.2. The first-order chi connectivity index (χ1) is 10.1. The lowest BCUT2D eigenvalue weighted by atomic mass is 10.0. The third-order valence-electron chi connectivity index (χ3n) is 3.58. The molecule has 21 heavy (non-hydrogen) atoms. The van der Waals surface area contributed by atoms with Crippen LogP contribution in [0.1, 0.15) is 37.2 Å². The maximum atomic E-state index is 14.0. The van der Waals surface area contributed by atoms with Crippen molar-refractivity contribution >= 4 is 0 Å². The Kier molecular flexibility index (Phi) is 5.44. The first-order valence-corrected chi connectivity index (χ1v) is 7.27. The summed E-state index contributed by atoms with van der Waals surface area (Å²) in [6, 6.07) is 4.13. The smallest absolute Gasteiger partial charge is 0.163 e. The van der Waals surface area contributed by atoms with Gasteiger partial charge in [-0.2, -0.15) is 0 Å². The Morgan fingerprint density at radius 1 is 1.33 bits per heavy atom. The van der Waals surface area contributed by atoms with Crippen LogP contribution in [-0.4, -0.2) is 16.1 Å². The van der Waals surface area contributed by atoms with Gasteiger partial charge in [0, 0.05) is 37.5 Å². The number of imidazole rings is 1. The zero-order valence-corrected chi connectivity index (χ0v) is 12.4. The van der Waals surface area contributed by atoms with E-state index < -0.39 is 11.6 Å². The fourth-order valence-corrected chi connectivity index (χ4v) is 2.39. The lowest BCUT2D eigenvalue weighted by molar-refractivity contribution is 0.443. The standard InChI is InChI=1S/C16H21F2N3/c1-3-9-19-14(7-8-15-20-10-11-21(15)2)12-5-4-6-13(17)16(12)18/h4-6,10-11,14,19H,3,7-9H2,1-2H3. The number of nitrogens with one attached hydrogen (secondary N) is 1. The van der Waals surface area contributed by atoms with Crippen LogP contribution in [0.2, 0.25) is 0 Å². The van der Waals surface area contributed by atoms with Gasteiger partial charge in [-0.25, -0.2) is 13.8 Å². The third-order valence-corrected chi connectivity index (χ3v) is 3.58. The second kappa shape index (κ2) is 7.31. The Morgan fingerprint density at radius 2 is 2.14 bits per heavy atom. The quantitative estimate of drug-likeness (QED) is 0.848. The molecule has 114 valence electrons. The van der Waals surface area contributed by atoms with Crippen LogP contribution in [0.5, 0.6) is 0 Å². The fourth-order valence-electron chi connectivity index (χ4n) is 2.39. The monoisotopic (exact) mass is 293 g/mol. The van der Waals surface area contributed by atoms with Crippen LogP contribution in [0, 0.1) is 11.6 Å². The molecular formula is C16H21F2N3. The molecule has 1 heterocycles. The average Bonchev–Trinajstić information content (AvgIpc) is 2.88. The van der Waals surface area contributed by atoms with Crippen molar-refractivity contribution in [2.24, 2.45) is 7.05 Å². The summed E-state index contributed by atoms with van der Waals surface area (Å²) in [5, 5.41) is 3.29. The number of hydrogen-bond acceptors (Lipinski definition) is 2. The molecule has 0 saturated heterocycles. The molecule has 5 heteroatoms. The summed E-state index contributed by atoms with van der Waals surface area (Å²) < 4.78 is 29.4. The van der Waals surface area contributed by atoms with Crippen LogP contribution < -0.4 is 5.32 Å². The second-order valence-electron chi connectivity index (χ2n) is 5.14. The van der Waals surface area contributed by atoms with Gasteiger partial charge >= 0.3 is 0 Å². The first kappa shape index (κ1) is 15.6. The first-order valence-electron chi connectivity index (χ1n) is 7.27. The molecule has 0 bridgehead atoms. The second-order valence-corrected chi connectivity index (χ2v) is 5.14. The van der Waals surface area contributed by atoms with Crippen molar-refractivity contribution < 1.29 is 8.78 Å².